The first kappa shape index (κ1) is 16.2. The maximum atomic E-state index is 12.6. The molecule has 6 nitrogen and oxygen atoms in total. The van der Waals surface area contributed by atoms with Crippen LogP contribution >= 0.6 is 0 Å². The fourth-order valence-corrected chi connectivity index (χ4v) is 3.21. The predicted octanol–water partition coefficient (Wildman–Crippen LogP) is -0.264. The number of likely N-dealkylation sites (N-methyl/N-ethyl adjacent to an activating group) is 1. The van der Waals surface area contributed by atoms with Crippen molar-refractivity contribution >= 4 is 11.8 Å². The maximum absolute atomic E-state index is 12.6. The van der Waals surface area contributed by atoms with Crippen molar-refractivity contribution in [1.82, 2.24) is 14.7 Å². The van der Waals surface area contributed by atoms with E-state index in [0.29, 0.717) is 13.1 Å². The molecule has 0 aromatic carbocycles. The van der Waals surface area contributed by atoms with Crippen LogP contribution in [0, 0.1) is 5.92 Å². The van der Waals surface area contributed by atoms with E-state index in [0.717, 1.165) is 45.3 Å². The summed E-state index contributed by atoms with van der Waals surface area (Å²) in [5.74, 6) is 0.355. The van der Waals surface area contributed by atoms with Crippen molar-refractivity contribution in [1.29, 1.82) is 0 Å². The lowest BCUT2D eigenvalue weighted by Crippen LogP contribution is -2.44. The first-order valence-electron chi connectivity index (χ1n) is 7.96. The Hall–Kier alpha value is -1.14. The Balaban J connectivity index is 1.85. The maximum Gasteiger partial charge on any atom is 0.236 e. The van der Waals surface area contributed by atoms with Gasteiger partial charge in [0, 0.05) is 46.3 Å². The molecule has 1 heterocycles. The van der Waals surface area contributed by atoms with Gasteiger partial charge in [-0.25, -0.2) is 0 Å². The summed E-state index contributed by atoms with van der Waals surface area (Å²) in [5.41, 5.74) is 6.04. The molecular weight excluding hydrogens is 268 g/mol. The normalized spacial score (nSPS) is 27.5. The Bertz CT molecular complexity index is 386. The van der Waals surface area contributed by atoms with Crippen LogP contribution < -0.4 is 5.73 Å². The Kier molecular flexibility index (Phi) is 5.58. The van der Waals surface area contributed by atoms with Crippen molar-refractivity contribution in [2.45, 2.75) is 31.7 Å². The smallest absolute Gasteiger partial charge is 0.236 e. The summed E-state index contributed by atoms with van der Waals surface area (Å²) in [4.78, 5) is 30.0. The molecule has 120 valence electrons. The van der Waals surface area contributed by atoms with Gasteiger partial charge in [0.25, 0.3) is 0 Å². The van der Waals surface area contributed by atoms with E-state index in [1.54, 1.807) is 19.0 Å². The first-order chi connectivity index (χ1) is 9.99. The van der Waals surface area contributed by atoms with Gasteiger partial charge in [0.15, 0.2) is 0 Å². The molecule has 2 amide bonds. The summed E-state index contributed by atoms with van der Waals surface area (Å²) in [7, 11) is 3.55. The highest BCUT2D eigenvalue weighted by molar-refractivity contribution is 5.80. The summed E-state index contributed by atoms with van der Waals surface area (Å²) < 4.78 is 0. The molecule has 2 aliphatic rings. The fraction of sp³-hybridized carbons (Fsp3) is 0.867. The number of carbonyl (C=O) groups excluding carboxylic acids is 2. The highest BCUT2D eigenvalue weighted by Crippen LogP contribution is 2.26. The van der Waals surface area contributed by atoms with Gasteiger partial charge in [0.2, 0.25) is 11.8 Å². The van der Waals surface area contributed by atoms with Crippen molar-refractivity contribution in [2.75, 3.05) is 46.8 Å². The van der Waals surface area contributed by atoms with Crippen LogP contribution in [0.1, 0.15) is 25.7 Å². The van der Waals surface area contributed by atoms with Crippen LogP contribution in [-0.4, -0.2) is 79.4 Å². The number of hydrogen-bond donors (Lipinski definition) is 1. The summed E-state index contributed by atoms with van der Waals surface area (Å²) in [5, 5.41) is 0. The van der Waals surface area contributed by atoms with Crippen LogP contribution in [0.5, 0.6) is 0 Å². The molecule has 0 radical (unpaired) electrons. The average Bonchev–Trinajstić information content (AvgIpc) is 2.73. The summed E-state index contributed by atoms with van der Waals surface area (Å²) in [6, 6.07) is 0.0344. The van der Waals surface area contributed by atoms with Gasteiger partial charge in [-0.1, -0.05) is 6.42 Å². The van der Waals surface area contributed by atoms with Gasteiger partial charge in [-0.2, -0.15) is 0 Å². The minimum atomic E-state index is 0.0138. The molecule has 2 N–H and O–H groups in total. The molecule has 6 heteroatoms. The Morgan fingerprint density at radius 1 is 1.10 bits per heavy atom. The summed E-state index contributed by atoms with van der Waals surface area (Å²) in [6.45, 7) is 3.59. The van der Waals surface area contributed by atoms with Crippen LogP contribution in [0.15, 0.2) is 0 Å². The lowest BCUT2D eigenvalue weighted by Gasteiger charge is -2.26. The number of carbonyl (C=O) groups is 2. The van der Waals surface area contributed by atoms with Gasteiger partial charge in [0.05, 0.1) is 12.5 Å². The van der Waals surface area contributed by atoms with Crippen LogP contribution in [-0.2, 0) is 9.59 Å². The first-order valence-corrected chi connectivity index (χ1v) is 7.96. The number of rotatable bonds is 3. The molecule has 1 aliphatic heterocycles. The van der Waals surface area contributed by atoms with Gasteiger partial charge in [-0.15, -0.1) is 0 Å². The number of amides is 2. The quantitative estimate of drug-likeness (QED) is 0.779. The topological polar surface area (TPSA) is 69.9 Å². The van der Waals surface area contributed by atoms with Gasteiger partial charge in [-0.3, -0.25) is 14.5 Å². The van der Waals surface area contributed by atoms with Crippen LogP contribution in [0.4, 0.5) is 0 Å². The van der Waals surface area contributed by atoms with Gasteiger partial charge >= 0.3 is 0 Å². The summed E-state index contributed by atoms with van der Waals surface area (Å²) in [6.07, 6.45) is 3.89. The molecule has 0 bridgehead atoms. The standard InChI is InChI=1S/C15H28N4O2/c1-17(2)14(20)11-18-7-4-8-19(10-9-18)15(21)12-5-3-6-13(12)16/h12-13H,3-11,16H2,1-2H3. The van der Waals surface area contributed by atoms with Crippen molar-refractivity contribution in [3.63, 3.8) is 0 Å². The van der Waals surface area contributed by atoms with Crippen molar-refractivity contribution in [3.8, 4) is 0 Å². The highest BCUT2D eigenvalue weighted by atomic mass is 16.2. The summed E-state index contributed by atoms with van der Waals surface area (Å²) >= 11 is 0. The predicted molar refractivity (Wildman–Crippen MR) is 81.6 cm³/mol. The molecule has 0 aromatic rings. The third kappa shape index (κ3) is 4.17. The van der Waals surface area contributed by atoms with E-state index in [9.17, 15) is 9.59 Å². The highest BCUT2D eigenvalue weighted by Gasteiger charge is 2.33. The Morgan fingerprint density at radius 3 is 2.48 bits per heavy atom. The molecular formula is C15H28N4O2. The van der Waals surface area contributed by atoms with E-state index in [-0.39, 0.29) is 23.8 Å². The van der Waals surface area contributed by atoms with E-state index in [2.05, 4.69) is 4.90 Å². The van der Waals surface area contributed by atoms with Crippen molar-refractivity contribution < 1.29 is 9.59 Å². The van der Waals surface area contributed by atoms with Crippen molar-refractivity contribution in [2.24, 2.45) is 11.7 Å². The lowest BCUT2D eigenvalue weighted by atomic mass is 10.0. The van der Waals surface area contributed by atoms with Crippen LogP contribution in [0.3, 0.4) is 0 Å². The second kappa shape index (κ2) is 7.22. The van der Waals surface area contributed by atoms with Crippen molar-refractivity contribution in [3.05, 3.63) is 0 Å². The number of nitrogens with two attached hydrogens (primary N) is 1. The zero-order chi connectivity index (χ0) is 15.4. The molecule has 0 aromatic heterocycles. The monoisotopic (exact) mass is 296 g/mol. The molecule has 0 spiro atoms. The lowest BCUT2D eigenvalue weighted by molar-refractivity contribution is -0.135. The zero-order valence-electron chi connectivity index (χ0n) is 13.3. The zero-order valence-corrected chi connectivity index (χ0v) is 13.3. The SMILES string of the molecule is CN(C)C(=O)CN1CCCN(C(=O)C2CCCC2N)CC1. The van der Waals surface area contributed by atoms with Gasteiger partial charge in [-0.05, 0) is 19.3 Å². The van der Waals surface area contributed by atoms with Gasteiger partial charge in [0.1, 0.15) is 0 Å². The van der Waals surface area contributed by atoms with E-state index in [4.69, 9.17) is 5.73 Å². The fourth-order valence-electron chi connectivity index (χ4n) is 3.21. The molecule has 2 atom stereocenters. The van der Waals surface area contributed by atoms with Gasteiger partial charge < -0.3 is 15.5 Å². The minimum Gasteiger partial charge on any atom is -0.348 e. The molecule has 2 rings (SSSR count). The average molecular weight is 296 g/mol. The van der Waals surface area contributed by atoms with Crippen LogP contribution in [0.2, 0.25) is 0 Å². The molecule has 1 aliphatic carbocycles. The molecule has 2 unspecified atom stereocenters. The van der Waals surface area contributed by atoms with E-state index in [1.165, 1.54) is 0 Å². The number of hydrogen-bond acceptors (Lipinski definition) is 4. The molecule has 21 heavy (non-hydrogen) atoms. The third-order valence-electron chi connectivity index (χ3n) is 4.64. The molecule has 2 fully saturated rings. The van der Waals surface area contributed by atoms with E-state index in [1.807, 2.05) is 4.90 Å². The Morgan fingerprint density at radius 2 is 1.86 bits per heavy atom. The van der Waals surface area contributed by atoms with E-state index < -0.39 is 0 Å². The second-order valence-corrected chi connectivity index (χ2v) is 6.44. The third-order valence-corrected chi connectivity index (χ3v) is 4.64. The number of nitrogens with zero attached hydrogens (tertiary/aromatic N) is 3. The largest absolute Gasteiger partial charge is 0.348 e. The minimum absolute atomic E-state index is 0.0138. The molecule has 1 saturated carbocycles. The molecule has 1 saturated heterocycles. The van der Waals surface area contributed by atoms with Crippen LogP contribution in [0.25, 0.3) is 0 Å². The van der Waals surface area contributed by atoms with E-state index >= 15 is 0 Å². The Labute approximate surface area is 127 Å². The second-order valence-electron chi connectivity index (χ2n) is 6.44.